The topological polar surface area (TPSA) is 113 Å². The second kappa shape index (κ2) is 8.83. The van der Waals surface area contributed by atoms with Crippen molar-refractivity contribution in [2.45, 2.75) is 25.8 Å². The summed E-state index contributed by atoms with van der Waals surface area (Å²) in [5.41, 5.74) is 1.86. The summed E-state index contributed by atoms with van der Waals surface area (Å²) in [4.78, 5) is 40.1. The molecule has 8 nitrogen and oxygen atoms in total. The van der Waals surface area contributed by atoms with Crippen LogP contribution in [0.25, 0.3) is 0 Å². The van der Waals surface area contributed by atoms with Crippen LogP contribution in [0.5, 0.6) is 0 Å². The summed E-state index contributed by atoms with van der Waals surface area (Å²) in [7, 11) is 0. The molecular weight excluding hydrogens is 398 g/mol. The van der Waals surface area contributed by atoms with Crippen LogP contribution in [0.2, 0.25) is 5.02 Å². The van der Waals surface area contributed by atoms with Crippen molar-refractivity contribution in [2.24, 2.45) is 4.99 Å². The van der Waals surface area contributed by atoms with E-state index >= 15 is 0 Å². The smallest absolute Gasteiger partial charge is 0.303 e. The molecule has 29 heavy (non-hydrogen) atoms. The van der Waals surface area contributed by atoms with Gasteiger partial charge in [0.15, 0.2) is 0 Å². The first kappa shape index (κ1) is 20.5. The number of nitrogens with zero attached hydrogens (tertiary/aromatic N) is 3. The Bertz CT molecular complexity index is 988. The highest BCUT2D eigenvalue weighted by Gasteiger charge is 2.35. The number of nitro groups is 1. The van der Waals surface area contributed by atoms with E-state index in [1.54, 1.807) is 18.2 Å². The lowest BCUT2D eigenvalue weighted by Gasteiger charge is -2.17. The molecule has 0 saturated heterocycles. The molecule has 1 amide bonds. The van der Waals surface area contributed by atoms with Crippen LogP contribution >= 0.6 is 11.6 Å². The minimum Gasteiger partial charge on any atom is -0.481 e. The SMILES string of the molecule is O=C(O)CCCCN=C1C(=O)N(Cc2ccc(Cl)cc2)c2ccc([N+](=O)[O-])cc21. The Morgan fingerprint density at radius 2 is 1.90 bits per heavy atom. The van der Waals surface area contributed by atoms with Crippen molar-refractivity contribution >= 4 is 40.6 Å². The predicted octanol–water partition coefficient (Wildman–Crippen LogP) is 3.84. The van der Waals surface area contributed by atoms with Gasteiger partial charge >= 0.3 is 5.97 Å². The van der Waals surface area contributed by atoms with Gasteiger partial charge in [0.25, 0.3) is 11.6 Å². The van der Waals surface area contributed by atoms with E-state index in [2.05, 4.69) is 4.99 Å². The molecule has 9 heteroatoms. The van der Waals surface area contributed by atoms with Crippen molar-refractivity contribution in [3.8, 4) is 0 Å². The molecule has 0 atom stereocenters. The average molecular weight is 416 g/mol. The molecule has 0 radical (unpaired) electrons. The van der Waals surface area contributed by atoms with Crippen LogP contribution in [0.15, 0.2) is 47.5 Å². The molecule has 150 valence electrons. The molecule has 0 unspecified atom stereocenters. The van der Waals surface area contributed by atoms with Crippen LogP contribution in [-0.2, 0) is 16.1 Å². The Morgan fingerprint density at radius 1 is 1.17 bits per heavy atom. The van der Waals surface area contributed by atoms with E-state index in [4.69, 9.17) is 16.7 Å². The van der Waals surface area contributed by atoms with Gasteiger partial charge in [-0.3, -0.25) is 24.7 Å². The summed E-state index contributed by atoms with van der Waals surface area (Å²) in [6.45, 7) is 0.546. The Hall–Kier alpha value is -3.26. The van der Waals surface area contributed by atoms with Gasteiger partial charge in [0, 0.05) is 35.7 Å². The first-order valence-corrected chi connectivity index (χ1v) is 9.36. The Kier molecular flexibility index (Phi) is 6.23. The average Bonchev–Trinajstić information content (AvgIpc) is 2.94. The first-order chi connectivity index (χ1) is 13.9. The van der Waals surface area contributed by atoms with E-state index in [0.29, 0.717) is 29.1 Å². The Morgan fingerprint density at radius 3 is 2.55 bits per heavy atom. The summed E-state index contributed by atoms with van der Waals surface area (Å²) >= 11 is 5.91. The molecule has 0 saturated carbocycles. The number of halogens is 1. The first-order valence-electron chi connectivity index (χ1n) is 8.98. The summed E-state index contributed by atoms with van der Waals surface area (Å²) in [5.74, 6) is -1.22. The number of hydrogen-bond donors (Lipinski definition) is 1. The number of hydrogen-bond acceptors (Lipinski definition) is 5. The van der Waals surface area contributed by atoms with Crippen LogP contribution in [0.4, 0.5) is 11.4 Å². The quantitative estimate of drug-likeness (QED) is 0.399. The van der Waals surface area contributed by atoms with Gasteiger partial charge in [-0.2, -0.15) is 0 Å². The third-order valence-corrected chi connectivity index (χ3v) is 4.76. The van der Waals surface area contributed by atoms with Crippen LogP contribution in [-0.4, -0.2) is 34.2 Å². The molecule has 0 aliphatic carbocycles. The number of rotatable bonds is 8. The van der Waals surface area contributed by atoms with E-state index in [1.807, 2.05) is 12.1 Å². The van der Waals surface area contributed by atoms with Crippen molar-refractivity contribution in [2.75, 3.05) is 11.4 Å². The van der Waals surface area contributed by atoms with Crippen molar-refractivity contribution in [1.29, 1.82) is 0 Å². The maximum atomic E-state index is 13.0. The van der Waals surface area contributed by atoms with Gasteiger partial charge in [0.2, 0.25) is 0 Å². The summed E-state index contributed by atoms with van der Waals surface area (Å²) in [6, 6.07) is 11.3. The van der Waals surface area contributed by atoms with Gasteiger partial charge in [0.1, 0.15) is 5.71 Å². The zero-order valence-electron chi connectivity index (χ0n) is 15.4. The number of amides is 1. The lowest BCUT2D eigenvalue weighted by molar-refractivity contribution is -0.384. The molecule has 3 rings (SSSR count). The van der Waals surface area contributed by atoms with Crippen molar-refractivity contribution in [1.82, 2.24) is 0 Å². The number of aliphatic imine (C=N–C) groups is 1. The molecule has 1 heterocycles. The monoisotopic (exact) mass is 415 g/mol. The largest absolute Gasteiger partial charge is 0.481 e. The second-order valence-corrected chi connectivity index (χ2v) is 6.99. The van der Waals surface area contributed by atoms with Crippen LogP contribution in [0.3, 0.4) is 0 Å². The third-order valence-electron chi connectivity index (χ3n) is 4.51. The number of carboxylic acids is 1. The van der Waals surface area contributed by atoms with Gasteiger partial charge in [0.05, 0.1) is 17.2 Å². The fraction of sp³-hybridized carbons (Fsp3) is 0.250. The molecule has 1 aliphatic rings. The van der Waals surface area contributed by atoms with Gasteiger partial charge in [-0.25, -0.2) is 0 Å². The second-order valence-electron chi connectivity index (χ2n) is 6.56. The zero-order chi connectivity index (χ0) is 21.0. The van der Waals surface area contributed by atoms with Crippen LogP contribution < -0.4 is 4.90 Å². The molecule has 0 bridgehead atoms. The highest BCUT2D eigenvalue weighted by atomic mass is 35.5. The number of aliphatic carboxylic acids is 1. The predicted molar refractivity (Wildman–Crippen MR) is 109 cm³/mol. The lowest BCUT2D eigenvalue weighted by Crippen LogP contribution is -2.29. The lowest BCUT2D eigenvalue weighted by atomic mass is 10.1. The van der Waals surface area contributed by atoms with Gasteiger partial charge in [-0.05, 0) is 36.6 Å². The molecular formula is C20H18ClN3O5. The summed E-state index contributed by atoms with van der Waals surface area (Å²) < 4.78 is 0. The Labute approximate surface area is 171 Å². The number of unbranched alkanes of at least 4 members (excludes halogenated alkanes) is 1. The zero-order valence-corrected chi connectivity index (χ0v) is 16.1. The maximum Gasteiger partial charge on any atom is 0.303 e. The number of carbonyl (C=O) groups excluding carboxylic acids is 1. The van der Waals surface area contributed by atoms with Gasteiger partial charge in [-0.1, -0.05) is 23.7 Å². The van der Waals surface area contributed by atoms with E-state index in [0.717, 1.165) is 5.56 Å². The number of fused-ring (bicyclic) bond motifs is 1. The molecule has 1 aliphatic heterocycles. The highest BCUT2D eigenvalue weighted by molar-refractivity contribution is 6.54. The summed E-state index contributed by atoms with van der Waals surface area (Å²) in [5, 5.41) is 20.4. The van der Waals surface area contributed by atoms with E-state index in [9.17, 15) is 19.7 Å². The van der Waals surface area contributed by atoms with E-state index in [1.165, 1.54) is 17.0 Å². The van der Waals surface area contributed by atoms with E-state index in [-0.39, 0.29) is 36.8 Å². The maximum absolute atomic E-state index is 13.0. The number of anilines is 1. The fourth-order valence-corrected chi connectivity index (χ4v) is 3.20. The number of nitro benzene ring substituents is 1. The van der Waals surface area contributed by atoms with Crippen molar-refractivity contribution in [3.05, 3.63) is 68.7 Å². The minimum absolute atomic E-state index is 0.0313. The molecule has 1 N–H and O–H groups in total. The molecule has 0 aromatic heterocycles. The van der Waals surface area contributed by atoms with Crippen molar-refractivity contribution in [3.63, 3.8) is 0 Å². The minimum atomic E-state index is -0.885. The fourth-order valence-electron chi connectivity index (χ4n) is 3.08. The summed E-state index contributed by atoms with van der Waals surface area (Å²) in [6.07, 6.45) is 0.977. The molecule has 2 aromatic carbocycles. The molecule has 0 spiro atoms. The number of carbonyl (C=O) groups is 2. The standard InChI is InChI=1S/C20H18ClN3O5/c21-14-6-4-13(5-7-14)12-23-17-9-8-15(24(28)29)11-16(17)19(20(23)27)22-10-2-1-3-18(25)26/h4-9,11H,1-3,10,12H2,(H,25,26). The number of non-ortho nitro benzene ring substituents is 1. The van der Waals surface area contributed by atoms with Crippen molar-refractivity contribution < 1.29 is 19.6 Å². The highest BCUT2D eigenvalue weighted by Crippen LogP contribution is 2.34. The van der Waals surface area contributed by atoms with Gasteiger partial charge < -0.3 is 10.0 Å². The Balaban J connectivity index is 1.88. The number of benzene rings is 2. The van der Waals surface area contributed by atoms with Crippen LogP contribution in [0.1, 0.15) is 30.4 Å². The normalized spacial score (nSPS) is 14.3. The third kappa shape index (κ3) is 4.78. The number of carboxylic acid groups (broad SMARTS) is 1. The van der Waals surface area contributed by atoms with Crippen LogP contribution in [0, 0.1) is 10.1 Å². The molecule has 2 aromatic rings. The van der Waals surface area contributed by atoms with Gasteiger partial charge in [-0.15, -0.1) is 0 Å². The van der Waals surface area contributed by atoms with E-state index < -0.39 is 10.9 Å². The molecule has 0 fully saturated rings.